The minimum Gasteiger partial charge on any atom is -0.329 e. The van der Waals surface area contributed by atoms with Crippen molar-refractivity contribution in [1.82, 2.24) is 10.2 Å². The van der Waals surface area contributed by atoms with E-state index in [1.165, 1.54) is 19.4 Å². The fourth-order valence-corrected chi connectivity index (χ4v) is 2.31. The van der Waals surface area contributed by atoms with Crippen LogP contribution in [0.15, 0.2) is 12.7 Å². The van der Waals surface area contributed by atoms with Gasteiger partial charge in [-0.15, -0.1) is 6.58 Å². The maximum absolute atomic E-state index is 5.92. The second kappa shape index (κ2) is 6.26. The zero-order valence-electron chi connectivity index (χ0n) is 9.97. The summed E-state index contributed by atoms with van der Waals surface area (Å²) in [5.74, 6) is 0. The Morgan fingerprint density at radius 1 is 1.47 bits per heavy atom. The summed E-state index contributed by atoms with van der Waals surface area (Å²) >= 11 is 0. The van der Waals surface area contributed by atoms with Crippen LogP contribution in [0.25, 0.3) is 0 Å². The number of nitrogens with one attached hydrogen (secondary N) is 1. The molecule has 1 heterocycles. The molecule has 0 spiro atoms. The van der Waals surface area contributed by atoms with Crippen LogP contribution in [0, 0.1) is 0 Å². The van der Waals surface area contributed by atoms with Gasteiger partial charge in [-0.1, -0.05) is 13.0 Å². The van der Waals surface area contributed by atoms with Crippen molar-refractivity contribution in [2.45, 2.75) is 31.7 Å². The molecule has 0 aromatic heterocycles. The summed E-state index contributed by atoms with van der Waals surface area (Å²) in [6, 6.07) is 0. The van der Waals surface area contributed by atoms with E-state index < -0.39 is 0 Å². The van der Waals surface area contributed by atoms with Gasteiger partial charge in [-0.2, -0.15) is 0 Å². The topological polar surface area (TPSA) is 41.3 Å². The fraction of sp³-hybridized carbons (Fsp3) is 0.833. The fourth-order valence-electron chi connectivity index (χ4n) is 2.31. The molecule has 1 unspecified atom stereocenters. The van der Waals surface area contributed by atoms with E-state index in [2.05, 4.69) is 23.7 Å². The smallest absolute Gasteiger partial charge is 0.0319 e. The van der Waals surface area contributed by atoms with E-state index in [9.17, 15) is 0 Å². The Morgan fingerprint density at radius 2 is 2.27 bits per heavy atom. The Balaban J connectivity index is 2.52. The molecule has 1 aliphatic heterocycles. The number of hydrogen-bond donors (Lipinski definition) is 2. The van der Waals surface area contributed by atoms with Crippen LogP contribution in [0.5, 0.6) is 0 Å². The predicted octanol–water partition coefficient (Wildman–Crippen LogP) is 0.965. The van der Waals surface area contributed by atoms with E-state index in [-0.39, 0.29) is 5.54 Å². The average molecular weight is 211 g/mol. The predicted molar refractivity (Wildman–Crippen MR) is 66.0 cm³/mol. The molecule has 0 aromatic carbocycles. The van der Waals surface area contributed by atoms with Gasteiger partial charge in [0.1, 0.15) is 0 Å². The lowest BCUT2D eigenvalue weighted by atomic mass is 9.90. The molecule has 88 valence electrons. The van der Waals surface area contributed by atoms with E-state index in [0.29, 0.717) is 0 Å². The minimum absolute atomic E-state index is 0.151. The van der Waals surface area contributed by atoms with Gasteiger partial charge in [0, 0.05) is 18.6 Å². The van der Waals surface area contributed by atoms with Gasteiger partial charge < -0.3 is 16.0 Å². The standard InChI is InChI=1S/C12H25N3/c1-3-8-14-12(11-13)6-5-9-15(4-2)10-7-12/h3,14H,1,4-11,13H2,2H3. The molecule has 0 amide bonds. The molecule has 1 rings (SSSR count). The molecule has 3 nitrogen and oxygen atoms in total. The molecule has 0 aromatic rings. The van der Waals surface area contributed by atoms with Gasteiger partial charge in [0.25, 0.3) is 0 Å². The van der Waals surface area contributed by atoms with Crippen molar-refractivity contribution in [1.29, 1.82) is 0 Å². The molecule has 0 radical (unpaired) electrons. The van der Waals surface area contributed by atoms with Crippen molar-refractivity contribution in [3.63, 3.8) is 0 Å². The summed E-state index contributed by atoms with van der Waals surface area (Å²) in [5, 5.41) is 3.55. The highest BCUT2D eigenvalue weighted by atomic mass is 15.1. The van der Waals surface area contributed by atoms with Crippen molar-refractivity contribution >= 4 is 0 Å². The van der Waals surface area contributed by atoms with Gasteiger partial charge in [-0.3, -0.25) is 0 Å². The first kappa shape index (κ1) is 12.7. The molecule has 0 aliphatic carbocycles. The van der Waals surface area contributed by atoms with E-state index >= 15 is 0 Å². The van der Waals surface area contributed by atoms with Gasteiger partial charge in [-0.05, 0) is 38.9 Å². The lowest BCUT2D eigenvalue weighted by molar-refractivity contribution is 0.271. The lowest BCUT2D eigenvalue weighted by Gasteiger charge is -2.32. The van der Waals surface area contributed by atoms with Crippen molar-refractivity contribution in [2.75, 3.05) is 32.7 Å². The van der Waals surface area contributed by atoms with Gasteiger partial charge in [0.05, 0.1) is 0 Å². The first-order valence-electron chi connectivity index (χ1n) is 6.04. The monoisotopic (exact) mass is 211 g/mol. The van der Waals surface area contributed by atoms with E-state index in [0.717, 1.165) is 32.6 Å². The Labute approximate surface area is 93.7 Å². The molecule has 15 heavy (non-hydrogen) atoms. The van der Waals surface area contributed by atoms with Crippen LogP contribution in [-0.4, -0.2) is 43.2 Å². The number of rotatable bonds is 5. The molecule has 0 saturated carbocycles. The number of likely N-dealkylation sites (tertiary alicyclic amines) is 1. The summed E-state index contributed by atoms with van der Waals surface area (Å²) in [6.07, 6.45) is 5.51. The van der Waals surface area contributed by atoms with Crippen molar-refractivity contribution in [3.8, 4) is 0 Å². The van der Waals surface area contributed by atoms with Crippen LogP contribution in [0.3, 0.4) is 0 Å². The highest BCUT2D eigenvalue weighted by molar-refractivity contribution is 4.94. The molecule has 0 bridgehead atoms. The first-order valence-corrected chi connectivity index (χ1v) is 6.04. The molecule has 1 fully saturated rings. The normalized spacial score (nSPS) is 28.7. The summed E-state index contributed by atoms with van der Waals surface area (Å²) in [7, 11) is 0. The summed E-state index contributed by atoms with van der Waals surface area (Å²) in [5.41, 5.74) is 6.07. The van der Waals surface area contributed by atoms with Gasteiger partial charge >= 0.3 is 0 Å². The minimum atomic E-state index is 0.151. The second-order valence-corrected chi connectivity index (χ2v) is 4.44. The van der Waals surface area contributed by atoms with E-state index in [4.69, 9.17) is 5.73 Å². The highest BCUT2D eigenvalue weighted by Gasteiger charge is 2.29. The Kier molecular flexibility index (Phi) is 5.29. The largest absolute Gasteiger partial charge is 0.329 e. The highest BCUT2D eigenvalue weighted by Crippen LogP contribution is 2.21. The molecule has 3 heteroatoms. The lowest BCUT2D eigenvalue weighted by Crippen LogP contribution is -2.51. The van der Waals surface area contributed by atoms with Crippen molar-refractivity contribution < 1.29 is 0 Å². The third-order valence-electron chi connectivity index (χ3n) is 3.50. The summed E-state index contributed by atoms with van der Waals surface area (Å²) in [4.78, 5) is 2.51. The van der Waals surface area contributed by atoms with Crippen molar-refractivity contribution in [3.05, 3.63) is 12.7 Å². The van der Waals surface area contributed by atoms with Crippen molar-refractivity contribution in [2.24, 2.45) is 5.73 Å². The number of nitrogens with zero attached hydrogens (tertiary/aromatic N) is 1. The van der Waals surface area contributed by atoms with E-state index in [1.54, 1.807) is 0 Å². The molecule has 1 atom stereocenters. The van der Waals surface area contributed by atoms with Gasteiger partial charge in [-0.25, -0.2) is 0 Å². The van der Waals surface area contributed by atoms with Crippen LogP contribution < -0.4 is 11.1 Å². The van der Waals surface area contributed by atoms with Crippen LogP contribution in [-0.2, 0) is 0 Å². The average Bonchev–Trinajstić information content (AvgIpc) is 2.49. The van der Waals surface area contributed by atoms with E-state index in [1.807, 2.05) is 6.08 Å². The quantitative estimate of drug-likeness (QED) is 0.666. The third-order valence-corrected chi connectivity index (χ3v) is 3.50. The van der Waals surface area contributed by atoms with Gasteiger partial charge in [0.15, 0.2) is 0 Å². The molecular weight excluding hydrogens is 186 g/mol. The van der Waals surface area contributed by atoms with Gasteiger partial charge in [0.2, 0.25) is 0 Å². The maximum atomic E-state index is 5.92. The van der Waals surface area contributed by atoms with Crippen LogP contribution in [0.2, 0.25) is 0 Å². The maximum Gasteiger partial charge on any atom is 0.0319 e. The Morgan fingerprint density at radius 3 is 2.87 bits per heavy atom. The third kappa shape index (κ3) is 3.59. The first-order chi connectivity index (χ1) is 7.26. The Hall–Kier alpha value is -0.380. The second-order valence-electron chi connectivity index (χ2n) is 4.44. The molecule has 1 aliphatic rings. The van der Waals surface area contributed by atoms with Crippen LogP contribution in [0.4, 0.5) is 0 Å². The molecule has 3 N–H and O–H groups in total. The Bertz CT molecular complexity index is 193. The SMILES string of the molecule is C=CCNC1(CN)CCCN(CC)CC1. The summed E-state index contributed by atoms with van der Waals surface area (Å²) in [6.45, 7) is 11.1. The number of hydrogen-bond acceptors (Lipinski definition) is 3. The number of nitrogens with two attached hydrogens (primary N) is 1. The molecular formula is C12H25N3. The molecule has 1 saturated heterocycles. The zero-order valence-corrected chi connectivity index (χ0v) is 9.97. The summed E-state index contributed by atoms with van der Waals surface area (Å²) < 4.78 is 0. The van der Waals surface area contributed by atoms with Crippen LogP contribution >= 0.6 is 0 Å². The van der Waals surface area contributed by atoms with Crippen LogP contribution in [0.1, 0.15) is 26.2 Å². The zero-order chi connectivity index (χ0) is 11.1.